The Morgan fingerprint density at radius 2 is 2.08 bits per heavy atom. The van der Waals surface area contributed by atoms with Crippen molar-refractivity contribution in [3.63, 3.8) is 0 Å². The first-order chi connectivity index (χ1) is 12.1. The minimum Gasteiger partial charge on any atom is -0.508 e. The Bertz CT molecular complexity index is 1030. The van der Waals surface area contributed by atoms with Gasteiger partial charge in [0.25, 0.3) is 0 Å². The molecule has 0 spiro atoms. The van der Waals surface area contributed by atoms with Crippen molar-refractivity contribution in [3.8, 4) is 34.4 Å². The maximum atomic E-state index is 9.71. The molecule has 3 aromatic rings. The van der Waals surface area contributed by atoms with Gasteiger partial charge in [0, 0.05) is 11.1 Å². The third-order valence-electron chi connectivity index (χ3n) is 4.49. The maximum Gasteiger partial charge on any atom is 0.142 e. The molecule has 1 aromatic carbocycles. The van der Waals surface area contributed by atoms with E-state index in [2.05, 4.69) is 11.1 Å². The average Bonchev–Trinajstić information content (AvgIpc) is 3.09. The fraction of sp³-hybridized carbons (Fsp3) is 0.158. The molecular weight excluding hydrogens is 318 g/mol. The van der Waals surface area contributed by atoms with E-state index < -0.39 is 0 Å². The summed E-state index contributed by atoms with van der Waals surface area (Å²) >= 11 is 0. The standard InChI is InChI=1S/C19H15N3O3/c20-8-15-17(16-6-3-12(9-23)25-16)14-4-1-10-7-11(24)2-5-13(10)18(14)22-19(15)21/h2-3,5-7,23-24H,1,4,9H2,(H2,21,22). The topological polar surface area (TPSA) is 116 Å². The fourth-order valence-corrected chi connectivity index (χ4v) is 3.37. The van der Waals surface area contributed by atoms with Crippen molar-refractivity contribution in [3.05, 3.63) is 52.8 Å². The molecule has 0 unspecified atom stereocenters. The Kier molecular flexibility index (Phi) is 3.45. The van der Waals surface area contributed by atoms with Crippen molar-refractivity contribution in [1.29, 1.82) is 5.26 Å². The van der Waals surface area contributed by atoms with Gasteiger partial charge in [-0.1, -0.05) is 0 Å². The van der Waals surface area contributed by atoms with Crippen LogP contribution in [0.1, 0.15) is 22.5 Å². The third kappa shape index (κ3) is 2.33. The van der Waals surface area contributed by atoms with Crippen molar-refractivity contribution in [2.45, 2.75) is 19.4 Å². The largest absolute Gasteiger partial charge is 0.508 e. The molecule has 1 aliphatic carbocycles. The molecule has 0 saturated heterocycles. The zero-order valence-electron chi connectivity index (χ0n) is 13.3. The van der Waals surface area contributed by atoms with Crippen molar-refractivity contribution in [2.75, 3.05) is 5.73 Å². The highest BCUT2D eigenvalue weighted by Crippen LogP contribution is 2.42. The lowest BCUT2D eigenvalue weighted by Gasteiger charge is -2.22. The monoisotopic (exact) mass is 333 g/mol. The van der Waals surface area contributed by atoms with Gasteiger partial charge in [0.15, 0.2) is 0 Å². The van der Waals surface area contributed by atoms with Crippen LogP contribution in [0.4, 0.5) is 5.82 Å². The number of fused-ring (bicyclic) bond motifs is 3. The molecule has 0 saturated carbocycles. The molecule has 124 valence electrons. The average molecular weight is 333 g/mol. The number of nitrogens with two attached hydrogens (primary N) is 1. The molecule has 0 atom stereocenters. The number of aryl methyl sites for hydroxylation is 1. The molecular formula is C19H15N3O3. The Hall–Kier alpha value is -3.30. The number of nitrogen functional groups attached to an aromatic ring is 1. The van der Waals surface area contributed by atoms with Gasteiger partial charge < -0.3 is 20.4 Å². The third-order valence-corrected chi connectivity index (χ3v) is 4.49. The van der Waals surface area contributed by atoms with Gasteiger partial charge in [0.1, 0.15) is 41.3 Å². The summed E-state index contributed by atoms with van der Waals surface area (Å²) < 4.78 is 5.67. The highest BCUT2D eigenvalue weighted by molar-refractivity contribution is 5.84. The number of anilines is 1. The lowest BCUT2D eigenvalue weighted by atomic mass is 9.84. The van der Waals surface area contributed by atoms with Crippen LogP contribution in [0.15, 0.2) is 34.7 Å². The fourth-order valence-electron chi connectivity index (χ4n) is 3.37. The van der Waals surface area contributed by atoms with Crippen LogP contribution in [-0.4, -0.2) is 15.2 Å². The van der Waals surface area contributed by atoms with Gasteiger partial charge >= 0.3 is 0 Å². The predicted octanol–water partition coefficient (Wildman–Crippen LogP) is 2.76. The molecule has 2 aromatic heterocycles. The van der Waals surface area contributed by atoms with Crippen LogP contribution in [-0.2, 0) is 19.4 Å². The normalized spacial score (nSPS) is 12.3. The number of nitriles is 1. The van der Waals surface area contributed by atoms with E-state index in [0.29, 0.717) is 35.6 Å². The molecule has 6 heteroatoms. The summed E-state index contributed by atoms with van der Waals surface area (Å²) in [5.74, 6) is 1.26. The number of rotatable bonds is 2. The van der Waals surface area contributed by atoms with Gasteiger partial charge in [0.05, 0.1) is 5.69 Å². The number of phenols is 1. The number of aliphatic hydroxyl groups excluding tert-OH is 1. The van der Waals surface area contributed by atoms with Gasteiger partial charge in [-0.2, -0.15) is 5.26 Å². The molecule has 4 rings (SSSR count). The SMILES string of the molecule is N#Cc1c(N)nc2c(c1-c1ccc(CO)o1)CCc1cc(O)ccc1-2. The summed E-state index contributed by atoms with van der Waals surface area (Å²) in [7, 11) is 0. The number of benzene rings is 1. The summed E-state index contributed by atoms with van der Waals surface area (Å²) in [5, 5.41) is 28.5. The van der Waals surface area contributed by atoms with Crippen LogP contribution in [0.5, 0.6) is 5.75 Å². The van der Waals surface area contributed by atoms with Crippen LogP contribution >= 0.6 is 0 Å². The van der Waals surface area contributed by atoms with E-state index in [4.69, 9.17) is 10.2 Å². The van der Waals surface area contributed by atoms with Crippen molar-refractivity contribution in [2.24, 2.45) is 0 Å². The van der Waals surface area contributed by atoms with Crippen molar-refractivity contribution < 1.29 is 14.6 Å². The number of nitrogens with zero attached hydrogens (tertiary/aromatic N) is 2. The summed E-state index contributed by atoms with van der Waals surface area (Å²) in [6.45, 7) is -0.216. The first-order valence-corrected chi connectivity index (χ1v) is 7.87. The van der Waals surface area contributed by atoms with Crippen molar-refractivity contribution in [1.82, 2.24) is 4.98 Å². The highest BCUT2D eigenvalue weighted by atomic mass is 16.4. The van der Waals surface area contributed by atoms with Crippen LogP contribution in [0, 0.1) is 11.3 Å². The minimum atomic E-state index is -0.216. The molecule has 1 aliphatic rings. The Morgan fingerprint density at radius 1 is 1.24 bits per heavy atom. The van der Waals surface area contributed by atoms with Crippen LogP contribution in [0.25, 0.3) is 22.6 Å². The van der Waals surface area contributed by atoms with E-state index in [-0.39, 0.29) is 23.7 Å². The van der Waals surface area contributed by atoms with Gasteiger partial charge in [-0.25, -0.2) is 4.98 Å². The molecule has 0 aliphatic heterocycles. The summed E-state index contributed by atoms with van der Waals surface area (Å²) in [4.78, 5) is 4.45. The smallest absolute Gasteiger partial charge is 0.142 e. The quantitative estimate of drug-likeness (QED) is 0.664. The van der Waals surface area contributed by atoms with Crippen LogP contribution in [0.3, 0.4) is 0 Å². The highest BCUT2D eigenvalue weighted by Gasteiger charge is 2.27. The first-order valence-electron chi connectivity index (χ1n) is 7.87. The second kappa shape index (κ2) is 5.65. The lowest BCUT2D eigenvalue weighted by Crippen LogP contribution is -2.11. The Morgan fingerprint density at radius 3 is 2.80 bits per heavy atom. The molecule has 0 bridgehead atoms. The maximum absolute atomic E-state index is 9.71. The Labute approximate surface area is 143 Å². The van der Waals surface area contributed by atoms with Gasteiger partial charge in [-0.05, 0) is 54.3 Å². The molecule has 6 nitrogen and oxygen atoms in total. The second-order valence-corrected chi connectivity index (χ2v) is 5.95. The second-order valence-electron chi connectivity index (χ2n) is 5.95. The first kappa shape index (κ1) is 15.2. The zero-order chi connectivity index (χ0) is 17.6. The van der Waals surface area contributed by atoms with Gasteiger partial charge in [-0.3, -0.25) is 0 Å². The van der Waals surface area contributed by atoms with E-state index in [1.165, 1.54) is 0 Å². The summed E-state index contributed by atoms with van der Waals surface area (Å²) in [5.41, 5.74) is 10.4. The molecule has 0 amide bonds. The number of hydrogen-bond acceptors (Lipinski definition) is 6. The number of pyridine rings is 1. The zero-order valence-corrected chi connectivity index (χ0v) is 13.3. The van der Waals surface area contributed by atoms with Crippen molar-refractivity contribution >= 4 is 5.82 Å². The molecule has 2 heterocycles. The van der Waals surface area contributed by atoms with E-state index in [1.54, 1.807) is 24.3 Å². The van der Waals surface area contributed by atoms with E-state index in [9.17, 15) is 15.5 Å². The molecule has 0 fully saturated rings. The Balaban J connectivity index is 2.02. The van der Waals surface area contributed by atoms with E-state index >= 15 is 0 Å². The molecule has 0 radical (unpaired) electrons. The number of hydrogen-bond donors (Lipinski definition) is 3. The van der Waals surface area contributed by atoms with Gasteiger partial charge in [-0.15, -0.1) is 0 Å². The predicted molar refractivity (Wildman–Crippen MR) is 91.5 cm³/mol. The van der Waals surface area contributed by atoms with E-state index in [0.717, 1.165) is 16.7 Å². The van der Waals surface area contributed by atoms with E-state index in [1.807, 2.05) is 6.07 Å². The molecule has 25 heavy (non-hydrogen) atoms. The van der Waals surface area contributed by atoms with Crippen LogP contribution < -0.4 is 5.73 Å². The number of aromatic nitrogens is 1. The molecule has 4 N–H and O–H groups in total. The van der Waals surface area contributed by atoms with Gasteiger partial charge in [0.2, 0.25) is 0 Å². The minimum absolute atomic E-state index is 0.138. The number of furan rings is 1. The summed E-state index contributed by atoms with van der Waals surface area (Å²) in [6, 6.07) is 10.7. The number of aliphatic hydroxyl groups is 1. The number of phenolic OH excluding ortho intramolecular Hbond substituents is 1. The number of aromatic hydroxyl groups is 1. The lowest BCUT2D eigenvalue weighted by molar-refractivity contribution is 0.248. The summed E-state index contributed by atoms with van der Waals surface area (Å²) in [6.07, 6.45) is 1.37. The van der Waals surface area contributed by atoms with Crippen LogP contribution in [0.2, 0.25) is 0 Å².